The Morgan fingerprint density at radius 1 is 1.00 bits per heavy atom. The monoisotopic (exact) mass is 575 g/mol. The van der Waals surface area contributed by atoms with Gasteiger partial charge in [-0.25, -0.2) is 14.0 Å². The highest BCUT2D eigenvalue weighted by molar-refractivity contribution is 6.00. The molecule has 12 nitrogen and oxygen atoms in total. The Morgan fingerprint density at radius 2 is 1.79 bits per heavy atom. The van der Waals surface area contributed by atoms with Gasteiger partial charge in [-0.15, -0.1) is 0 Å². The maximum Gasteiger partial charge on any atom is 0.326 e. The summed E-state index contributed by atoms with van der Waals surface area (Å²) in [6.07, 6.45) is 2.11. The van der Waals surface area contributed by atoms with Crippen molar-refractivity contribution in [2.45, 2.75) is 25.8 Å². The predicted molar refractivity (Wildman–Crippen MR) is 150 cm³/mol. The highest BCUT2D eigenvalue weighted by Crippen LogP contribution is 2.28. The van der Waals surface area contributed by atoms with Gasteiger partial charge >= 0.3 is 18.0 Å². The molecular formula is C29H26FN5O7. The van der Waals surface area contributed by atoms with E-state index in [4.69, 9.17) is 9.84 Å². The SMILES string of the molecule is Cc1cccc(NC(=O)Nc2ccc(Oc3ccnc(-c4cc(C(=O)NC(CCC(=O)O)C(=O)O)c[nH]4)c3)cc2F)c1. The van der Waals surface area contributed by atoms with E-state index in [1.165, 1.54) is 30.6 Å². The minimum atomic E-state index is -1.37. The van der Waals surface area contributed by atoms with Crippen LogP contribution in [0.1, 0.15) is 28.8 Å². The van der Waals surface area contributed by atoms with Gasteiger partial charge in [0.25, 0.3) is 5.91 Å². The van der Waals surface area contributed by atoms with Crippen LogP contribution in [0, 0.1) is 12.7 Å². The normalized spacial score (nSPS) is 11.3. The van der Waals surface area contributed by atoms with E-state index in [9.17, 15) is 28.7 Å². The summed E-state index contributed by atoms with van der Waals surface area (Å²) in [4.78, 5) is 54.0. The number of nitrogens with zero attached hydrogens (tertiary/aromatic N) is 1. The lowest BCUT2D eigenvalue weighted by molar-refractivity contribution is -0.140. The molecule has 0 aliphatic carbocycles. The summed E-state index contributed by atoms with van der Waals surface area (Å²) >= 11 is 0. The Balaban J connectivity index is 1.39. The number of aliphatic carboxylic acids is 2. The number of aromatic nitrogens is 2. The number of pyridine rings is 1. The van der Waals surface area contributed by atoms with Crippen molar-refractivity contribution in [3.63, 3.8) is 0 Å². The average molecular weight is 576 g/mol. The third kappa shape index (κ3) is 7.91. The number of H-pyrrole nitrogens is 1. The van der Waals surface area contributed by atoms with Crippen LogP contribution in [-0.2, 0) is 9.59 Å². The molecule has 6 N–H and O–H groups in total. The fourth-order valence-electron chi connectivity index (χ4n) is 3.87. The number of halogens is 1. The van der Waals surface area contributed by atoms with Crippen molar-refractivity contribution in [1.82, 2.24) is 15.3 Å². The molecule has 1 unspecified atom stereocenters. The second-order valence-electron chi connectivity index (χ2n) is 9.17. The molecule has 3 amide bonds. The van der Waals surface area contributed by atoms with Crippen LogP contribution in [0.3, 0.4) is 0 Å². The van der Waals surface area contributed by atoms with Gasteiger partial charge in [-0.3, -0.25) is 14.6 Å². The molecule has 216 valence electrons. The number of hydrogen-bond acceptors (Lipinski definition) is 6. The first kappa shape index (κ1) is 29.3. The number of aryl methyl sites for hydroxylation is 1. The Hall–Kier alpha value is -5.72. The van der Waals surface area contributed by atoms with Crippen molar-refractivity contribution in [2.75, 3.05) is 10.6 Å². The van der Waals surface area contributed by atoms with Gasteiger partial charge in [0.05, 0.1) is 22.6 Å². The largest absolute Gasteiger partial charge is 0.481 e. The standard InChI is InChI=1S/C29H26FN5O7/c1-16-3-2-4-18(11-16)33-29(41)35-22-6-5-19(13-21(22)30)42-20-9-10-31-25(14-20)24-12-17(15-32-24)27(38)34-23(28(39)40)7-8-26(36)37/h2-6,9-15,23,32H,7-8H2,1H3,(H,34,38)(H,36,37)(H,39,40)(H2,33,35,41). The fraction of sp³-hybridized carbons (Fsp3) is 0.138. The summed E-state index contributed by atoms with van der Waals surface area (Å²) in [5.41, 5.74) is 2.37. The number of hydrogen-bond donors (Lipinski definition) is 6. The molecule has 0 fully saturated rings. The molecule has 2 aromatic carbocycles. The molecule has 2 heterocycles. The molecule has 2 aromatic heterocycles. The van der Waals surface area contributed by atoms with Crippen molar-refractivity contribution in [3.8, 4) is 22.9 Å². The van der Waals surface area contributed by atoms with Crippen LogP contribution in [0.4, 0.5) is 20.6 Å². The number of carboxylic acids is 2. The smallest absolute Gasteiger partial charge is 0.326 e. The van der Waals surface area contributed by atoms with E-state index in [1.54, 1.807) is 30.3 Å². The molecule has 0 spiro atoms. The number of carbonyl (C=O) groups excluding carboxylic acids is 2. The van der Waals surface area contributed by atoms with Gasteiger partial charge in [0.2, 0.25) is 0 Å². The Kier molecular flexibility index (Phi) is 9.12. The summed E-state index contributed by atoms with van der Waals surface area (Å²) in [5.74, 6) is -3.50. The molecule has 13 heteroatoms. The molecule has 0 saturated heterocycles. The van der Waals surface area contributed by atoms with Crippen LogP contribution in [0.15, 0.2) is 73.1 Å². The number of aromatic amines is 1. The molecule has 0 saturated carbocycles. The Labute approximate surface area is 238 Å². The lowest BCUT2D eigenvalue weighted by atomic mass is 10.1. The van der Waals surface area contributed by atoms with Crippen molar-refractivity contribution >= 4 is 35.3 Å². The third-order valence-corrected chi connectivity index (χ3v) is 5.90. The van der Waals surface area contributed by atoms with E-state index in [0.717, 1.165) is 11.6 Å². The Morgan fingerprint density at radius 3 is 2.50 bits per heavy atom. The number of rotatable bonds is 11. The van der Waals surface area contributed by atoms with Crippen LogP contribution in [0.5, 0.6) is 11.5 Å². The minimum absolute atomic E-state index is 0.0480. The zero-order valence-electron chi connectivity index (χ0n) is 22.2. The number of nitrogens with one attached hydrogen (secondary N) is 4. The van der Waals surface area contributed by atoms with Crippen molar-refractivity contribution in [3.05, 3.63) is 90.0 Å². The van der Waals surface area contributed by atoms with Gasteiger partial charge in [0.15, 0.2) is 0 Å². The van der Waals surface area contributed by atoms with Gasteiger partial charge in [-0.1, -0.05) is 12.1 Å². The van der Waals surface area contributed by atoms with Crippen molar-refractivity contribution in [2.24, 2.45) is 0 Å². The first-order chi connectivity index (χ1) is 20.1. The lowest BCUT2D eigenvalue weighted by Crippen LogP contribution is -2.41. The lowest BCUT2D eigenvalue weighted by Gasteiger charge is -2.12. The molecule has 4 aromatic rings. The van der Waals surface area contributed by atoms with Gasteiger partial charge < -0.3 is 35.9 Å². The number of ether oxygens (including phenoxy) is 1. The second-order valence-corrected chi connectivity index (χ2v) is 9.17. The molecule has 42 heavy (non-hydrogen) atoms. The molecule has 4 rings (SSSR count). The van der Waals surface area contributed by atoms with Crippen LogP contribution in [0.25, 0.3) is 11.4 Å². The van der Waals surface area contributed by atoms with E-state index in [1.807, 2.05) is 13.0 Å². The summed E-state index contributed by atoms with van der Waals surface area (Å²) in [6, 6.07) is 13.7. The Bertz CT molecular complexity index is 1640. The fourth-order valence-corrected chi connectivity index (χ4v) is 3.87. The van der Waals surface area contributed by atoms with E-state index in [-0.39, 0.29) is 23.4 Å². The summed E-state index contributed by atoms with van der Waals surface area (Å²) < 4.78 is 20.5. The molecule has 0 bridgehead atoms. The zero-order valence-corrected chi connectivity index (χ0v) is 22.2. The molecule has 0 aliphatic heterocycles. The second kappa shape index (κ2) is 13.1. The van der Waals surface area contributed by atoms with Crippen LogP contribution in [-0.4, -0.2) is 50.1 Å². The van der Waals surface area contributed by atoms with E-state index in [2.05, 4.69) is 25.9 Å². The predicted octanol–water partition coefficient (Wildman–Crippen LogP) is 5.01. The summed E-state index contributed by atoms with van der Waals surface area (Å²) in [6.45, 7) is 1.88. The first-order valence-electron chi connectivity index (χ1n) is 12.6. The highest BCUT2D eigenvalue weighted by atomic mass is 19.1. The molecule has 1 atom stereocenters. The number of carboxylic acid groups (broad SMARTS) is 2. The number of urea groups is 1. The average Bonchev–Trinajstić information content (AvgIpc) is 3.43. The topological polar surface area (TPSA) is 183 Å². The van der Waals surface area contributed by atoms with E-state index in [0.29, 0.717) is 22.8 Å². The van der Waals surface area contributed by atoms with Gasteiger partial charge in [0.1, 0.15) is 23.4 Å². The molecule has 0 radical (unpaired) electrons. The number of anilines is 2. The van der Waals surface area contributed by atoms with E-state index >= 15 is 0 Å². The van der Waals surface area contributed by atoms with Gasteiger partial charge in [-0.2, -0.15) is 0 Å². The van der Waals surface area contributed by atoms with Crippen LogP contribution < -0.4 is 20.7 Å². The first-order valence-corrected chi connectivity index (χ1v) is 12.6. The molecular weight excluding hydrogens is 549 g/mol. The number of carbonyl (C=O) groups is 4. The van der Waals surface area contributed by atoms with Crippen LogP contribution in [0.2, 0.25) is 0 Å². The van der Waals surface area contributed by atoms with E-state index < -0.39 is 42.2 Å². The van der Waals surface area contributed by atoms with Gasteiger partial charge in [-0.05, 0) is 55.3 Å². The van der Waals surface area contributed by atoms with Crippen molar-refractivity contribution in [1.29, 1.82) is 0 Å². The summed E-state index contributed by atoms with van der Waals surface area (Å²) in [7, 11) is 0. The number of benzene rings is 2. The van der Waals surface area contributed by atoms with Crippen LogP contribution >= 0.6 is 0 Å². The highest BCUT2D eigenvalue weighted by Gasteiger charge is 2.22. The zero-order chi connectivity index (χ0) is 30.2. The summed E-state index contributed by atoms with van der Waals surface area (Å²) in [5, 5.41) is 25.4. The maximum atomic E-state index is 14.7. The minimum Gasteiger partial charge on any atom is -0.481 e. The van der Waals surface area contributed by atoms with Gasteiger partial charge in [0, 0.05) is 36.6 Å². The number of amides is 3. The maximum absolute atomic E-state index is 14.7. The van der Waals surface area contributed by atoms with Crippen molar-refractivity contribution < 1.29 is 38.5 Å². The third-order valence-electron chi connectivity index (χ3n) is 5.90. The molecule has 0 aliphatic rings. The quantitative estimate of drug-likeness (QED) is 0.144.